The summed E-state index contributed by atoms with van der Waals surface area (Å²) in [6, 6.07) is 81.4. The van der Waals surface area contributed by atoms with Crippen LogP contribution >= 0.6 is 0 Å². The van der Waals surface area contributed by atoms with Crippen LogP contribution in [0.5, 0.6) is 0 Å². The number of hydrogen-bond donors (Lipinski definition) is 0. The molecule has 0 unspecified atom stereocenters. The molecule has 0 radical (unpaired) electrons. The Balaban J connectivity index is 0.989. The number of nitrogens with zero attached hydrogens (tertiary/aromatic N) is 5. The second-order valence-electron chi connectivity index (χ2n) is 17.8. The fourth-order valence-corrected chi connectivity index (χ4v) is 11.2. The summed E-state index contributed by atoms with van der Waals surface area (Å²) in [5, 5.41) is 12.3. The third kappa shape index (κ3) is 5.25. The highest BCUT2D eigenvalue weighted by Crippen LogP contribution is 2.45. The molecule has 0 aliphatic heterocycles. The zero-order valence-electron chi connectivity index (χ0n) is 36.1. The second-order valence-corrected chi connectivity index (χ2v) is 17.8. The summed E-state index contributed by atoms with van der Waals surface area (Å²) in [6.07, 6.45) is 0. The maximum Gasteiger partial charge on any atom is 0.235 e. The van der Waals surface area contributed by atoms with Crippen molar-refractivity contribution in [3.05, 3.63) is 224 Å². The monoisotopic (exact) mass is 851 g/mol. The van der Waals surface area contributed by atoms with Gasteiger partial charge in [0, 0.05) is 54.8 Å². The van der Waals surface area contributed by atoms with Crippen molar-refractivity contribution in [1.29, 1.82) is 0 Å². The van der Waals surface area contributed by atoms with Crippen LogP contribution in [0.1, 0.15) is 0 Å². The number of rotatable bonds is 6. The van der Waals surface area contributed by atoms with E-state index in [9.17, 15) is 0 Å². The van der Waals surface area contributed by atoms with E-state index in [4.69, 9.17) is 9.97 Å². The maximum absolute atomic E-state index is 5.37. The lowest BCUT2D eigenvalue weighted by Crippen LogP contribution is -2.04. The van der Waals surface area contributed by atoms with Crippen molar-refractivity contribution in [1.82, 2.24) is 23.7 Å². The van der Waals surface area contributed by atoms with Crippen LogP contribution in [0.25, 0.3) is 138 Å². The molecule has 5 heteroatoms. The number of fused-ring (bicyclic) bond motifs is 3. The third-order valence-electron chi connectivity index (χ3n) is 14.1. The first-order chi connectivity index (χ1) is 33.2. The normalized spacial score (nSPS) is 12.2. The van der Waals surface area contributed by atoms with Gasteiger partial charge in [-0.3, -0.25) is 4.57 Å². The van der Waals surface area contributed by atoms with Crippen LogP contribution in [-0.4, -0.2) is 23.7 Å². The van der Waals surface area contributed by atoms with E-state index < -0.39 is 0 Å². The zero-order chi connectivity index (χ0) is 43.7. The molecule has 0 atom stereocenters. The Bertz CT molecular complexity index is 4370. The SMILES string of the molecule is c1ccc(-c2cc(-c3ccccc3)nc(-n3c4cccc5ccc6cc(-c7cc8ccc9cccc%10c9c8c(c7)n%10-c7ccc8c(c7)c7ccccc7n8-c7ccccc7)cc3c6c54)n2)cc1. The number of benzene rings is 11. The van der Waals surface area contributed by atoms with E-state index in [2.05, 4.69) is 226 Å². The molecule has 5 nitrogen and oxygen atoms in total. The molecular formula is C62H37N5. The van der Waals surface area contributed by atoms with Crippen molar-refractivity contribution in [3.8, 4) is 51.0 Å². The highest BCUT2D eigenvalue weighted by atomic mass is 15.2. The van der Waals surface area contributed by atoms with E-state index in [1.165, 1.54) is 75.9 Å². The fraction of sp³-hybridized carbons (Fsp3) is 0. The van der Waals surface area contributed by atoms with Crippen LogP contribution in [-0.2, 0) is 0 Å². The summed E-state index contributed by atoms with van der Waals surface area (Å²) >= 11 is 0. The van der Waals surface area contributed by atoms with Gasteiger partial charge in [0.15, 0.2) is 0 Å². The quantitative estimate of drug-likeness (QED) is 0.156. The van der Waals surface area contributed by atoms with Gasteiger partial charge in [0.1, 0.15) is 0 Å². The van der Waals surface area contributed by atoms with Gasteiger partial charge in [0.2, 0.25) is 5.95 Å². The second kappa shape index (κ2) is 13.7. The Hall–Kier alpha value is -9.06. The predicted molar refractivity (Wildman–Crippen MR) is 279 cm³/mol. The van der Waals surface area contributed by atoms with E-state index in [0.717, 1.165) is 56.0 Å². The smallest absolute Gasteiger partial charge is 0.235 e. The highest BCUT2D eigenvalue weighted by Gasteiger charge is 2.23. The molecule has 15 rings (SSSR count). The lowest BCUT2D eigenvalue weighted by Gasteiger charge is -2.13. The average molecular weight is 852 g/mol. The molecule has 4 heterocycles. The van der Waals surface area contributed by atoms with E-state index in [0.29, 0.717) is 5.95 Å². The molecule has 0 aliphatic rings. The van der Waals surface area contributed by atoms with Crippen molar-refractivity contribution in [3.63, 3.8) is 0 Å². The average Bonchev–Trinajstić information content (AvgIpc) is 4.04. The van der Waals surface area contributed by atoms with E-state index in [1.54, 1.807) is 0 Å². The van der Waals surface area contributed by atoms with Crippen molar-refractivity contribution in [2.75, 3.05) is 0 Å². The molecule has 15 aromatic rings. The first-order valence-electron chi connectivity index (χ1n) is 22.9. The molecule has 310 valence electrons. The van der Waals surface area contributed by atoms with Crippen LogP contribution in [0.15, 0.2) is 224 Å². The Morgan fingerprint density at radius 1 is 0.254 bits per heavy atom. The van der Waals surface area contributed by atoms with Crippen LogP contribution in [0.2, 0.25) is 0 Å². The highest BCUT2D eigenvalue weighted by molar-refractivity contribution is 6.27. The lowest BCUT2D eigenvalue weighted by molar-refractivity contribution is 0.996. The molecule has 11 aromatic carbocycles. The summed E-state index contributed by atoms with van der Waals surface area (Å²) in [4.78, 5) is 10.7. The standard InChI is InChI=1S/C62H37N5/c1-4-14-38(15-5-1)50-37-51(39-16-6-2-7-17-39)64-62(63-50)67-55-25-13-19-41-27-29-43-33-45(35-57(67)61(43)59(41)55)44-32-42-28-26-40-18-12-24-54-58(40)60(42)56(34-44)66(54)47-30-31-53-49(36-47)48-22-10-11-23-52(48)65(53)46-20-8-3-9-21-46/h1-37H. The van der Waals surface area contributed by atoms with Crippen molar-refractivity contribution in [2.45, 2.75) is 0 Å². The van der Waals surface area contributed by atoms with Crippen molar-refractivity contribution >= 4 is 87.0 Å². The van der Waals surface area contributed by atoms with Gasteiger partial charge in [-0.25, -0.2) is 9.97 Å². The van der Waals surface area contributed by atoms with Crippen molar-refractivity contribution < 1.29 is 0 Å². The maximum atomic E-state index is 5.37. The van der Waals surface area contributed by atoms with Crippen molar-refractivity contribution in [2.24, 2.45) is 0 Å². The Morgan fingerprint density at radius 2 is 0.731 bits per heavy atom. The molecule has 0 N–H and O–H groups in total. The fourth-order valence-electron chi connectivity index (χ4n) is 11.2. The molecular weight excluding hydrogens is 815 g/mol. The van der Waals surface area contributed by atoms with E-state index >= 15 is 0 Å². The minimum absolute atomic E-state index is 0.646. The Morgan fingerprint density at radius 3 is 1.36 bits per heavy atom. The van der Waals surface area contributed by atoms with Gasteiger partial charge >= 0.3 is 0 Å². The van der Waals surface area contributed by atoms with Gasteiger partial charge in [-0.05, 0) is 112 Å². The minimum Gasteiger partial charge on any atom is -0.309 e. The Labute approximate surface area is 384 Å². The van der Waals surface area contributed by atoms with Crippen LogP contribution < -0.4 is 0 Å². The van der Waals surface area contributed by atoms with Crippen LogP contribution in [0.3, 0.4) is 0 Å². The predicted octanol–water partition coefficient (Wildman–Crippen LogP) is 16.0. The van der Waals surface area contributed by atoms with Gasteiger partial charge in [-0.15, -0.1) is 0 Å². The molecule has 0 amide bonds. The molecule has 0 bridgehead atoms. The van der Waals surface area contributed by atoms with Gasteiger partial charge in [-0.1, -0.05) is 146 Å². The number of para-hydroxylation sites is 2. The van der Waals surface area contributed by atoms with Gasteiger partial charge < -0.3 is 9.13 Å². The molecule has 0 aliphatic carbocycles. The summed E-state index contributed by atoms with van der Waals surface area (Å²) in [5.74, 6) is 0.646. The first kappa shape index (κ1) is 36.3. The summed E-state index contributed by atoms with van der Waals surface area (Å²) in [6.45, 7) is 0. The largest absolute Gasteiger partial charge is 0.309 e. The number of aromatic nitrogens is 5. The molecule has 4 aromatic heterocycles. The van der Waals surface area contributed by atoms with Gasteiger partial charge in [-0.2, -0.15) is 0 Å². The molecule has 0 saturated heterocycles. The topological polar surface area (TPSA) is 40.6 Å². The minimum atomic E-state index is 0.646. The molecule has 67 heavy (non-hydrogen) atoms. The Kier molecular flexibility index (Phi) is 7.44. The first-order valence-corrected chi connectivity index (χ1v) is 22.9. The van der Waals surface area contributed by atoms with Gasteiger partial charge in [0.05, 0.1) is 44.5 Å². The molecule has 0 spiro atoms. The summed E-state index contributed by atoms with van der Waals surface area (Å²) < 4.78 is 7.17. The number of hydrogen-bond acceptors (Lipinski definition) is 2. The molecule has 0 fully saturated rings. The summed E-state index contributed by atoms with van der Waals surface area (Å²) in [5.41, 5.74) is 15.4. The van der Waals surface area contributed by atoms with E-state index in [-0.39, 0.29) is 0 Å². The van der Waals surface area contributed by atoms with E-state index in [1.807, 2.05) is 12.1 Å². The lowest BCUT2D eigenvalue weighted by atomic mass is 9.94. The zero-order valence-corrected chi connectivity index (χ0v) is 36.1. The summed E-state index contributed by atoms with van der Waals surface area (Å²) in [7, 11) is 0. The third-order valence-corrected chi connectivity index (χ3v) is 14.1. The molecule has 0 saturated carbocycles. The van der Waals surface area contributed by atoms with Crippen LogP contribution in [0.4, 0.5) is 0 Å². The van der Waals surface area contributed by atoms with Crippen LogP contribution in [0, 0.1) is 0 Å². The van der Waals surface area contributed by atoms with Gasteiger partial charge in [0.25, 0.3) is 0 Å².